The second-order valence-electron chi connectivity index (χ2n) is 6.54. The van der Waals surface area contributed by atoms with E-state index >= 15 is 0 Å². The summed E-state index contributed by atoms with van der Waals surface area (Å²) in [7, 11) is 0. The summed E-state index contributed by atoms with van der Waals surface area (Å²) in [5, 5.41) is 3.15. The first kappa shape index (κ1) is 28.1. The first-order chi connectivity index (χ1) is 14.0. The van der Waals surface area contributed by atoms with E-state index in [1.807, 2.05) is 4.90 Å². The van der Waals surface area contributed by atoms with E-state index in [1.165, 1.54) is 18.2 Å². The molecule has 1 fully saturated rings. The van der Waals surface area contributed by atoms with Crippen LogP contribution in [0.25, 0.3) is 0 Å². The molecule has 0 aliphatic carbocycles. The minimum Gasteiger partial charge on any atom is -0.406 e. The molecule has 1 aliphatic heterocycles. The van der Waals surface area contributed by atoms with Crippen LogP contribution < -0.4 is 14.8 Å². The summed E-state index contributed by atoms with van der Waals surface area (Å²) >= 11 is 0. The van der Waals surface area contributed by atoms with E-state index in [2.05, 4.69) is 14.8 Å². The normalized spacial score (nSPS) is 15.8. The second-order valence-corrected chi connectivity index (χ2v) is 6.54. The van der Waals surface area contributed by atoms with Crippen LogP contribution in [0.3, 0.4) is 0 Å². The highest BCUT2D eigenvalue weighted by Gasteiger charge is 2.33. The fourth-order valence-corrected chi connectivity index (χ4v) is 3.30. The van der Waals surface area contributed by atoms with Gasteiger partial charge in [0, 0.05) is 26.2 Å². The van der Waals surface area contributed by atoms with Crippen molar-refractivity contribution in [2.45, 2.75) is 18.8 Å². The smallest absolute Gasteiger partial charge is 0.406 e. The van der Waals surface area contributed by atoms with E-state index in [-0.39, 0.29) is 24.8 Å². The third-order valence-electron chi connectivity index (χ3n) is 4.44. The van der Waals surface area contributed by atoms with Crippen molar-refractivity contribution in [2.75, 3.05) is 26.2 Å². The van der Waals surface area contributed by atoms with Crippen molar-refractivity contribution < 1.29 is 40.2 Å². The standard InChI is InChI=1S/C19H17F7N2O2.2ClH/c20-15-11-13(3-6-16(15)30-19(24,25)26)17(28-9-7-27-8-10-28)12-1-4-14(5-2-12)29-18(21,22)23;;/h1-6,11,17,27H,7-10H2;2*1H/t17-;;/m1../s1. The quantitative estimate of drug-likeness (QED) is 0.541. The highest BCUT2D eigenvalue weighted by atomic mass is 35.5. The SMILES string of the molecule is Cl.Cl.Fc1cc([C@@H](c2ccc(OC(F)(F)F)cc2)N2CCNCC2)ccc1OC(F)(F)F. The Balaban J connectivity index is 0.00000256. The van der Waals surface area contributed by atoms with Crippen molar-refractivity contribution in [3.8, 4) is 11.5 Å². The molecule has 1 aliphatic rings. The first-order valence-electron chi connectivity index (χ1n) is 8.87. The highest BCUT2D eigenvalue weighted by Crippen LogP contribution is 2.34. The minimum atomic E-state index is -5.03. The Morgan fingerprint density at radius 1 is 0.781 bits per heavy atom. The van der Waals surface area contributed by atoms with Gasteiger partial charge in [-0.1, -0.05) is 18.2 Å². The van der Waals surface area contributed by atoms with E-state index in [0.29, 0.717) is 37.3 Å². The van der Waals surface area contributed by atoms with Crippen LogP contribution in [0.2, 0.25) is 0 Å². The Morgan fingerprint density at radius 3 is 1.81 bits per heavy atom. The number of nitrogens with one attached hydrogen (secondary N) is 1. The molecular formula is C19H19Cl2F7N2O2. The van der Waals surface area contributed by atoms with Crippen LogP contribution in [-0.2, 0) is 0 Å². The van der Waals surface area contributed by atoms with Gasteiger partial charge in [-0.2, -0.15) is 0 Å². The maximum Gasteiger partial charge on any atom is 0.573 e. The number of benzene rings is 2. The largest absolute Gasteiger partial charge is 0.573 e. The lowest BCUT2D eigenvalue weighted by molar-refractivity contribution is -0.276. The van der Waals surface area contributed by atoms with Crippen molar-refractivity contribution in [2.24, 2.45) is 0 Å². The summed E-state index contributed by atoms with van der Waals surface area (Å²) in [5.74, 6) is -2.56. The van der Waals surface area contributed by atoms with Crippen LogP contribution in [0, 0.1) is 5.82 Å². The van der Waals surface area contributed by atoms with E-state index in [1.54, 1.807) is 0 Å². The molecule has 2 aromatic rings. The number of hydrogen-bond acceptors (Lipinski definition) is 4. The number of rotatable bonds is 5. The zero-order valence-electron chi connectivity index (χ0n) is 16.2. The number of halogens is 9. The van der Waals surface area contributed by atoms with Gasteiger partial charge in [0.25, 0.3) is 0 Å². The molecule has 3 rings (SSSR count). The molecule has 180 valence electrons. The topological polar surface area (TPSA) is 33.7 Å². The average molecular weight is 511 g/mol. The van der Waals surface area contributed by atoms with Crippen molar-refractivity contribution in [3.63, 3.8) is 0 Å². The van der Waals surface area contributed by atoms with Crippen LogP contribution in [-0.4, -0.2) is 43.8 Å². The summed E-state index contributed by atoms with van der Waals surface area (Å²) in [6, 6.07) is 7.63. The zero-order chi connectivity index (χ0) is 21.9. The summed E-state index contributed by atoms with van der Waals surface area (Å²) in [5.41, 5.74) is 0.878. The van der Waals surface area contributed by atoms with Gasteiger partial charge in [0.2, 0.25) is 0 Å². The van der Waals surface area contributed by atoms with Gasteiger partial charge in [0.1, 0.15) is 5.75 Å². The van der Waals surface area contributed by atoms with E-state index in [0.717, 1.165) is 24.3 Å². The summed E-state index contributed by atoms with van der Waals surface area (Å²) < 4.78 is 96.1. The predicted octanol–water partition coefficient (Wildman–Crippen LogP) is 5.46. The van der Waals surface area contributed by atoms with Gasteiger partial charge in [-0.25, -0.2) is 4.39 Å². The molecule has 32 heavy (non-hydrogen) atoms. The number of piperazine rings is 1. The van der Waals surface area contributed by atoms with Crippen molar-refractivity contribution in [3.05, 3.63) is 59.4 Å². The lowest BCUT2D eigenvalue weighted by Gasteiger charge is -2.35. The molecule has 2 aromatic carbocycles. The van der Waals surface area contributed by atoms with Gasteiger partial charge in [0.05, 0.1) is 6.04 Å². The monoisotopic (exact) mass is 510 g/mol. The zero-order valence-corrected chi connectivity index (χ0v) is 17.8. The third-order valence-corrected chi connectivity index (χ3v) is 4.44. The van der Waals surface area contributed by atoms with Gasteiger partial charge in [-0.05, 0) is 35.4 Å². The van der Waals surface area contributed by atoms with E-state index in [4.69, 9.17) is 0 Å². The Labute approximate surface area is 191 Å². The Kier molecular flexibility index (Phi) is 9.88. The van der Waals surface area contributed by atoms with Crippen LogP contribution in [0.4, 0.5) is 30.7 Å². The van der Waals surface area contributed by atoms with Crippen LogP contribution in [0.1, 0.15) is 17.2 Å². The van der Waals surface area contributed by atoms with E-state index < -0.39 is 36.1 Å². The van der Waals surface area contributed by atoms with Crippen molar-refractivity contribution in [1.29, 1.82) is 0 Å². The van der Waals surface area contributed by atoms with Gasteiger partial charge >= 0.3 is 12.7 Å². The molecule has 0 aromatic heterocycles. The molecule has 0 bridgehead atoms. The van der Waals surface area contributed by atoms with Gasteiger partial charge in [-0.15, -0.1) is 51.2 Å². The van der Waals surface area contributed by atoms with Crippen LogP contribution >= 0.6 is 24.8 Å². The molecule has 0 saturated carbocycles. The van der Waals surface area contributed by atoms with Gasteiger partial charge < -0.3 is 14.8 Å². The number of nitrogens with zero attached hydrogens (tertiary/aromatic N) is 1. The second kappa shape index (κ2) is 11.3. The Morgan fingerprint density at radius 2 is 1.31 bits per heavy atom. The van der Waals surface area contributed by atoms with E-state index in [9.17, 15) is 30.7 Å². The third kappa shape index (κ3) is 7.88. The highest BCUT2D eigenvalue weighted by molar-refractivity contribution is 5.85. The molecule has 0 spiro atoms. The van der Waals surface area contributed by atoms with Gasteiger partial charge in [0.15, 0.2) is 11.6 Å². The van der Waals surface area contributed by atoms with Crippen molar-refractivity contribution >= 4 is 24.8 Å². The Bertz CT molecular complexity index is 858. The lowest BCUT2D eigenvalue weighted by Crippen LogP contribution is -2.45. The molecule has 1 atom stereocenters. The molecule has 1 heterocycles. The van der Waals surface area contributed by atoms with Gasteiger partial charge in [-0.3, -0.25) is 4.90 Å². The fourth-order valence-electron chi connectivity index (χ4n) is 3.30. The molecule has 0 amide bonds. The molecule has 1 saturated heterocycles. The summed E-state index contributed by atoms with van der Waals surface area (Å²) in [6.45, 7) is 2.36. The fraction of sp³-hybridized carbons (Fsp3) is 0.368. The molecule has 4 nitrogen and oxygen atoms in total. The molecule has 0 unspecified atom stereocenters. The number of ether oxygens (including phenoxy) is 2. The van der Waals surface area contributed by atoms with Crippen LogP contribution in [0.15, 0.2) is 42.5 Å². The minimum absolute atomic E-state index is 0. The molecule has 13 heteroatoms. The molecule has 0 radical (unpaired) electrons. The summed E-state index contributed by atoms with van der Waals surface area (Å²) in [6.07, 6.45) is -9.87. The molecule has 1 N–H and O–H groups in total. The molecular weight excluding hydrogens is 492 g/mol. The first-order valence-corrected chi connectivity index (χ1v) is 8.87. The number of hydrogen-bond donors (Lipinski definition) is 1. The summed E-state index contributed by atoms with van der Waals surface area (Å²) in [4.78, 5) is 1.95. The maximum atomic E-state index is 14.3. The number of alkyl halides is 6. The average Bonchev–Trinajstić information content (AvgIpc) is 2.64. The van der Waals surface area contributed by atoms with Crippen molar-refractivity contribution in [1.82, 2.24) is 10.2 Å². The van der Waals surface area contributed by atoms with Crippen LogP contribution in [0.5, 0.6) is 11.5 Å². The maximum absolute atomic E-state index is 14.3. The lowest BCUT2D eigenvalue weighted by atomic mass is 9.96. The Hall–Kier alpha value is -1.95. The predicted molar refractivity (Wildman–Crippen MR) is 107 cm³/mol.